The molecule has 5 nitrogen and oxygen atoms in total. The van der Waals surface area contributed by atoms with Gasteiger partial charge in [-0.3, -0.25) is 4.55 Å². The summed E-state index contributed by atoms with van der Waals surface area (Å²) in [5.41, 5.74) is -0.0538. The zero-order chi connectivity index (χ0) is 13.4. The molecule has 0 aliphatic rings. The van der Waals surface area contributed by atoms with Crippen molar-refractivity contribution in [2.75, 3.05) is 0 Å². The van der Waals surface area contributed by atoms with Crippen molar-refractivity contribution in [2.45, 2.75) is 36.0 Å². The third-order valence-electron chi connectivity index (χ3n) is 2.25. The summed E-state index contributed by atoms with van der Waals surface area (Å²) in [6, 6.07) is 3.99. The van der Waals surface area contributed by atoms with Gasteiger partial charge in [-0.2, -0.15) is 17.5 Å². The normalized spacial score (nSPS) is 13.1. The van der Waals surface area contributed by atoms with Gasteiger partial charge in [0.25, 0.3) is 10.1 Å². The average Bonchev–Trinajstić information content (AvgIpc) is 2.14. The van der Waals surface area contributed by atoms with Gasteiger partial charge in [-0.1, -0.05) is 26.8 Å². The van der Waals surface area contributed by atoms with Crippen LogP contribution in [0.5, 0.6) is 0 Å². The van der Waals surface area contributed by atoms with E-state index in [0.717, 1.165) is 6.07 Å². The molecule has 0 amide bonds. The van der Waals surface area contributed by atoms with Crippen molar-refractivity contribution >= 4 is 21.6 Å². The lowest BCUT2D eigenvalue weighted by molar-refractivity contribution is 0.475. The van der Waals surface area contributed by atoms with Crippen molar-refractivity contribution in [3.05, 3.63) is 23.8 Å². The molecule has 0 radical (unpaired) electrons. The summed E-state index contributed by atoms with van der Waals surface area (Å²) in [5.74, 6) is 0. The summed E-state index contributed by atoms with van der Waals surface area (Å²) < 4.78 is 49.7. The predicted molar refractivity (Wildman–Crippen MR) is 65.8 cm³/mol. The van der Waals surface area contributed by atoms with Crippen LogP contribution < -0.4 is 0 Å². The molecule has 1 rings (SSSR count). The van der Waals surface area contributed by atoms with E-state index in [4.69, 9.17) is 13.7 Å². The van der Waals surface area contributed by atoms with Crippen LogP contribution in [0.25, 0.3) is 0 Å². The second-order valence-electron chi connectivity index (χ2n) is 4.65. The third kappa shape index (κ3) is 3.43. The SMILES string of the molecule is CC(C)(C)c1ccc([S+](O)O)cc1S(=O)(=O)O. The Balaban J connectivity index is 3.55. The van der Waals surface area contributed by atoms with E-state index in [2.05, 4.69) is 0 Å². The van der Waals surface area contributed by atoms with Gasteiger partial charge in [0.2, 0.25) is 4.90 Å². The van der Waals surface area contributed by atoms with E-state index in [9.17, 15) is 8.42 Å². The molecule has 0 spiro atoms. The first kappa shape index (κ1) is 14.5. The maximum Gasteiger partial charge on any atom is 0.351 e. The van der Waals surface area contributed by atoms with Crippen LogP contribution in [-0.4, -0.2) is 22.1 Å². The summed E-state index contributed by atoms with van der Waals surface area (Å²) in [6.45, 7) is 5.40. The van der Waals surface area contributed by atoms with Crippen molar-refractivity contribution in [2.24, 2.45) is 0 Å². The highest BCUT2D eigenvalue weighted by Crippen LogP contribution is 2.30. The van der Waals surface area contributed by atoms with Crippen LogP contribution in [0.2, 0.25) is 0 Å². The molecular formula is C10H15O5S2+. The van der Waals surface area contributed by atoms with Crippen LogP contribution in [0.15, 0.2) is 28.0 Å². The largest absolute Gasteiger partial charge is 0.351 e. The summed E-state index contributed by atoms with van der Waals surface area (Å²) in [4.78, 5) is -0.242. The fourth-order valence-corrected chi connectivity index (χ4v) is 2.86. The quantitative estimate of drug-likeness (QED) is 0.569. The summed E-state index contributed by atoms with van der Waals surface area (Å²) >= 11 is -2.03. The zero-order valence-corrected chi connectivity index (χ0v) is 11.3. The van der Waals surface area contributed by atoms with Crippen molar-refractivity contribution in [1.29, 1.82) is 0 Å². The van der Waals surface area contributed by atoms with E-state index in [0.29, 0.717) is 5.56 Å². The molecule has 3 N–H and O–H groups in total. The van der Waals surface area contributed by atoms with Crippen LogP contribution in [0.1, 0.15) is 26.3 Å². The van der Waals surface area contributed by atoms with Gasteiger partial charge in [-0.25, -0.2) is 0 Å². The van der Waals surface area contributed by atoms with Crippen molar-refractivity contribution in [3.63, 3.8) is 0 Å². The molecule has 96 valence electrons. The van der Waals surface area contributed by atoms with Crippen LogP contribution in [-0.2, 0) is 27.0 Å². The molecule has 0 heterocycles. The Morgan fingerprint density at radius 2 is 1.71 bits per heavy atom. The van der Waals surface area contributed by atoms with Gasteiger partial charge in [0.1, 0.15) is 4.90 Å². The molecule has 0 aliphatic carbocycles. The maximum absolute atomic E-state index is 11.3. The minimum atomic E-state index is -4.39. The van der Waals surface area contributed by atoms with E-state index in [1.807, 2.05) is 0 Å². The Morgan fingerprint density at radius 1 is 1.18 bits per heavy atom. The van der Waals surface area contributed by atoms with Crippen molar-refractivity contribution in [1.82, 2.24) is 0 Å². The topological polar surface area (TPSA) is 94.8 Å². The minimum Gasteiger partial charge on any atom is -0.282 e. The second-order valence-corrected chi connectivity index (χ2v) is 7.04. The monoisotopic (exact) mass is 279 g/mol. The summed E-state index contributed by atoms with van der Waals surface area (Å²) in [6.07, 6.45) is 0. The van der Waals surface area contributed by atoms with Gasteiger partial charge in [-0.15, -0.1) is 0 Å². The Hall–Kier alpha value is -0.600. The average molecular weight is 279 g/mol. The highest BCUT2D eigenvalue weighted by molar-refractivity contribution is 7.86. The molecule has 1 aromatic carbocycles. The first-order valence-corrected chi connectivity index (χ1v) is 7.36. The smallest absolute Gasteiger partial charge is 0.282 e. The van der Waals surface area contributed by atoms with Crippen molar-refractivity contribution in [3.8, 4) is 0 Å². The molecule has 0 aromatic heterocycles. The Labute approximate surface area is 104 Å². The number of rotatable bonds is 2. The third-order valence-corrected chi connectivity index (χ3v) is 3.82. The first-order valence-electron chi connectivity index (χ1n) is 4.78. The van der Waals surface area contributed by atoms with Gasteiger partial charge >= 0.3 is 11.5 Å². The molecule has 0 bridgehead atoms. The van der Waals surface area contributed by atoms with Crippen LogP contribution >= 0.6 is 0 Å². The standard InChI is InChI=1S/C10H14O5S2/c1-10(2,3)8-5-4-7(16(11)12)6-9(8)17(13,14)15/h4-6,11-12H,1-3H3/p+1. The molecule has 0 atom stereocenters. The van der Waals surface area contributed by atoms with E-state index in [1.54, 1.807) is 20.8 Å². The number of hydrogen-bond donors (Lipinski definition) is 3. The molecule has 0 saturated heterocycles. The van der Waals surface area contributed by atoms with E-state index in [1.165, 1.54) is 12.1 Å². The number of hydrogen-bond acceptors (Lipinski definition) is 4. The van der Waals surface area contributed by atoms with Crippen LogP contribution in [0.3, 0.4) is 0 Å². The van der Waals surface area contributed by atoms with E-state index >= 15 is 0 Å². The molecule has 0 saturated carbocycles. The van der Waals surface area contributed by atoms with E-state index in [-0.39, 0.29) is 9.79 Å². The summed E-state index contributed by atoms with van der Waals surface area (Å²) in [7, 11) is -4.39. The minimum absolute atomic E-state index is 0.0469. The maximum atomic E-state index is 11.3. The van der Waals surface area contributed by atoms with E-state index < -0.39 is 27.0 Å². The Morgan fingerprint density at radius 3 is 2.06 bits per heavy atom. The predicted octanol–water partition coefficient (Wildman–Crippen LogP) is 2.15. The molecule has 0 unspecified atom stereocenters. The lowest BCUT2D eigenvalue weighted by Crippen LogP contribution is -2.17. The zero-order valence-electron chi connectivity index (χ0n) is 9.71. The molecular weight excluding hydrogens is 264 g/mol. The molecule has 0 aliphatic heterocycles. The van der Waals surface area contributed by atoms with Crippen LogP contribution in [0.4, 0.5) is 0 Å². The van der Waals surface area contributed by atoms with Gasteiger partial charge < -0.3 is 0 Å². The van der Waals surface area contributed by atoms with Crippen LogP contribution in [0, 0.1) is 0 Å². The van der Waals surface area contributed by atoms with Gasteiger partial charge in [-0.05, 0) is 11.0 Å². The fraction of sp³-hybridized carbons (Fsp3) is 0.400. The Bertz CT molecular complexity index is 514. The number of benzene rings is 1. The lowest BCUT2D eigenvalue weighted by Gasteiger charge is -2.21. The molecule has 7 heteroatoms. The first-order chi connectivity index (χ1) is 7.53. The fourth-order valence-electron chi connectivity index (χ4n) is 1.45. The molecule has 0 fully saturated rings. The van der Waals surface area contributed by atoms with Crippen molar-refractivity contribution < 1.29 is 22.1 Å². The lowest BCUT2D eigenvalue weighted by atomic mass is 9.87. The van der Waals surface area contributed by atoms with Gasteiger partial charge in [0.15, 0.2) is 0 Å². The molecule has 1 aromatic rings. The highest BCUT2D eigenvalue weighted by Gasteiger charge is 2.28. The molecule has 17 heavy (non-hydrogen) atoms. The van der Waals surface area contributed by atoms with Gasteiger partial charge in [0.05, 0.1) is 0 Å². The highest BCUT2D eigenvalue weighted by atomic mass is 32.2. The van der Waals surface area contributed by atoms with Gasteiger partial charge in [0, 0.05) is 12.1 Å². The second kappa shape index (κ2) is 4.58. The Kier molecular flexibility index (Phi) is 3.90. The summed E-state index contributed by atoms with van der Waals surface area (Å²) in [5, 5.41) is 0.